The predicted octanol–water partition coefficient (Wildman–Crippen LogP) is 2.05. The van der Waals surface area contributed by atoms with Crippen molar-refractivity contribution in [2.75, 3.05) is 17.9 Å². The summed E-state index contributed by atoms with van der Waals surface area (Å²) >= 11 is 0. The van der Waals surface area contributed by atoms with E-state index in [0.29, 0.717) is 30.8 Å². The molecular formula is C18H22N2O3S. The summed E-state index contributed by atoms with van der Waals surface area (Å²) in [6.45, 7) is 0.570. The molecule has 0 spiro atoms. The fourth-order valence-electron chi connectivity index (χ4n) is 3.14. The number of anilines is 2. The quantitative estimate of drug-likeness (QED) is 0.869. The molecule has 128 valence electrons. The summed E-state index contributed by atoms with van der Waals surface area (Å²) in [5.41, 5.74) is 2.20. The van der Waals surface area contributed by atoms with Gasteiger partial charge in [0, 0.05) is 0 Å². The topological polar surface area (TPSA) is 69.6 Å². The molecule has 0 fully saturated rings. The van der Waals surface area contributed by atoms with Crippen LogP contribution in [-0.4, -0.2) is 38.5 Å². The first kappa shape index (κ1) is 17.0. The van der Waals surface area contributed by atoms with Gasteiger partial charge in [0.25, 0.3) is 0 Å². The van der Waals surface area contributed by atoms with Crippen LogP contribution in [0.3, 0.4) is 0 Å². The zero-order chi connectivity index (χ0) is 17.2. The summed E-state index contributed by atoms with van der Waals surface area (Å²) in [6.07, 6.45) is -0.195. The molecule has 0 saturated heterocycles. The Bertz CT molecular complexity index is 793. The molecular weight excluding hydrogens is 324 g/mol. The van der Waals surface area contributed by atoms with Crippen LogP contribution in [0.25, 0.3) is 0 Å². The minimum absolute atomic E-state index is 0.326. The maximum atomic E-state index is 13.2. The molecule has 6 heteroatoms. The average molecular weight is 346 g/mol. The first-order chi connectivity index (χ1) is 11.6. The summed E-state index contributed by atoms with van der Waals surface area (Å²) in [4.78, 5) is 0. The molecule has 0 aromatic heterocycles. The SMILES string of the molecule is CNCC[C@H](O)[C@H]1Cc2ccccc2N(c2ccccc2)S1(=O)=O. The number of aliphatic hydroxyl groups excluding tert-OH is 1. The molecule has 2 atom stereocenters. The molecule has 2 aromatic rings. The number of hydrogen-bond acceptors (Lipinski definition) is 4. The lowest BCUT2D eigenvalue weighted by Crippen LogP contribution is -2.47. The first-order valence-corrected chi connectivity index (χ1v) is 9.56. The molecule has 1 aliphatic heterocycles. The molecule has 2 aromatic carbocycles. The first-order valence-electron chi connectivity index (χ1n) is 8.05. The van der Waals surface area contributed by atoms with E-state index in [1.807, 2.05) is 42.5 Å². The normalized spacial score (nSPS) is 20.4. The van der Waals surface area contributed by atoms with Crippen molar-refractivity contribution < 1.29 is 13.5 Å². The van der Waals surface area contributed by atoms with Crippen LogP contribution in [0, 0.1) is 0 Å². The second-order valence-corrected chi connectivity index (χ2v) is 7.98. The van der Waals surface area contributed by atoms with Crippen molar-refractivity contribution >= 4 is 21.4 Å². The zero-order valence-electron chi connectivity index (χ0n) is 13.6. The number of sulfonamides is 1. The van der Waals surface area contributed by atoms with Crippen molar-refractivity contribution in [1.29, 1.82) is 0 Å². The van der Waals surface area contributed by atoms with Crippen LogP contribution in [0.15, 0.2) is 54.6 Å². The molecule has 0 bridgehead atoms. The van der Waals surface area contributed by atoms with Gasteiger partial charge in [-0.2, -0.15) is 0 Å². The van der Waals surface area contributed by atoms with Gasteiger partial charge in [-0.25, -0.2) is 12.7 Å². The van der Waals surface area contributed by atoms with Gasteiger partial charge in [0.2, 0.25) is 10.0 Å². The van der Waals surface area contributed by atoms with Crippen molar-refractivity contribution in [3.63, 3.8) is 0 Å². The van der Waals surface area contributed by atoms with E-state index in [-0.39, 0.29) is 0 Å². The summed E-state index contributed by atoms with van der Waals surface area (Å²) in [5.74, 6) is 0. The largest absolute Gasteiger partial charge is 0.392 e. The van der Waals surface area contributed by atoms with Gasteiger partial charge in [-0.3, -0.25) is 0 Å². The van der Waals surface area contributed by atoms with Gasteiger partial charge < -0.3 is 10.4 Å². The Labute approximate surface area is 143 Å². The predicted molar refractivity (Wildman–Crippen MR) is 96.0 cm³/mol. The molecule has 5 nitrogen and oxygen atoms in total. The summed E-state index contributed by atoms with van der Waals surface area (Å²) in [5, 5.41) is 12.6. The number of hydrogen-bond donors (Lipinski definition) is 2. The minimum Gasteiger partial charge on any atom is -0.392 e. The fraction of sp³-hybridized carbons (Fsp3) is 0.333. The minimum atomic E-state index is -3.70. The van der Waals surface area contributed by atoms with Crippen LogP contribution in [0.5, 0.6) is 0 Å². The van der Waals surface area contributed by atoms with Gasteiger partial charge in [0.05, 0.1) is 17.5 Å². The van der Waals surface area contributed by atoms with Gasteiger partial charge in [0.15, 0.2) is 0 Å². The Morgan fingerprint density at radius 2 is 1.83 bits per heavy atom. The number of nitrogens with one attached hydrogen (secondary N) is 1. The van der Waals surface area contributed by atoms with Crippen LogP contribution in [0.4, 0.5) is 11.4 Å². The van der Waals surface area contributed by atoms with E-state index in [1.165, 1.54) is 4.31 Å². The van der Waals surface area contributed by atoms with Crippen molar-refractivity contribution in [1.82, 2.24) is 5.32 Å². The van der Waals surface area contributed by atoms with Crippen LogP contribution in [-0.2, 0) is 16.4 Å². The van der Waals surface area contributed by atoms with Crippen molar-refractivity contribution in [2.45, 2.75) is 24.2 Å². The monoisotopic (exact) mass is 346 g/mol. The smallest absolute Gasteiger partial charge is 0.245 e. The van der Waals surface area contributed by atoms with Gasteiger partial charge in [0.1, 0.15) is 5.25 Å². The molecule has 24 heavy (non-hydrogen) atoms. The van der Waals surface area contributed by atoms with Crippen LogP contribution in [0.1, 0.15) is 12.0 Å². The highest BCUT2D eigenvalue weighted by atomic mass is 32.2. The van der Waals surface area contributed by atoms with E-state index in [9.17, 15) is 13.5 Å². The number of rotatable bonds is 5. The molecule has 2 N–H and O–H groups in total. The second kappa shape index (κ2) is 6.93. The number of para-hydroxylation sites is 2. The second-order valence-electron chi connectivity index (χ2n) is 5.98. The van der Waals surface area contributed by atoms with Gasteiger partial charge in [-0.05, 0) is 50.2 Å². The lowest BCUT2D eigenvalue weighted by atomic mass is 10.0. The van der Waals surface area contributed by atoms with E-state index < -0.39 is 21.4 Å². The lowest BCUT2D eigenvalue weighted by molar-refractivity contribution is 0.157. The van der Waals surface area contributed by atoms with E-state index >= 15 is 0 Å². The van der Waals surface area contributed by atoms with Gasteiger partial charge in [-0.1, -0.05) is 36.4 Å². The third-order valence-electron chi connectivity index (χ3n) is 4.38. The van der Waals surface area contributed by atoms with Crippen LogP contribution in [0.2, 0.25) is 0 Å². The Morgan fingerprint density at radius 3 is 2.54 bits per heavy atom. The Morgan fingerprint density at radius 1 is 1.17 bits per heavy atom. The highest BCUT2D eigenvalue weighted by Crippen LogP contribution is 2.39. The Kier molecular flexibility index (Phi) is 4.89. The molecule has 1 heterocycles. The third-order valence-corrected chi connectivity index (χ3v) is 6.54. The number of aliphatic hydroxyl groups is 1. The Hall–Kier alpha value is -1.89. The van der Waals surface area contributed by atoms with Crippen molar-refractivity contribution in [3.05, 3.63) is 60.2 Å². The molecule has 0 unspecified atom stereocenters. The third kappa shape index (κ3) is 3.05. The van der Waals surface area contributed by atoms with Crippen LogP contribution >= 0.6 is 0 Å². The lowest BCUT2D eigenvalue weighted by Gasteiger charge is -2.37. The molecule has 0 saturated carbocycles. The fourth-order valence-corrected chi connectivity index (χ4v) is 5.20. The molecule has 0 amide bonds. The molecule has 1 aliphatic rings. The summed E-state index contributed by atoms with van der Waals surface area (Å²) in [7, 11) is -1.92. The van der Waals surface area contributed by atoms with Gasteiger partial charge >= 0.3 is 0 Å². The number of fused-ring (bicyclic) bond motifs is 1. The zero-order valence-corrected chi connectivity index (χ0v) is 14.4. The average Bonchev–Trinajstić information content (AvgIpc) is 2.59. The Balaban J connectivity index is 2.09. The van der Waals surface area contributed by atoms with Crippen molar-refractivity contribution in [3.8, 4) is 0 Å². The highest BCUT2D eigenvalue weighted by Gasteiger charge is 2.42. The summed E-state index contributed by atoms with van der Waals surface area (Å²) in [6, 6.07) is 16.5. The number of nitrogens with zero attached hydrogens (tertiary/aromatic N) is 1. The molecule has 0 radical (unpaired) electrons. The van der Waals surface area contributed by atoms with Gasteiger partial charge in [-0.15, -0.1) is 0 Å². The standard InChI is InChI=1S/C18H22N2O3S/c1-19-12-11-17(21)18-13-14-7-5-6-10-16(14)20(24(18,22)23)15-8-3-2-4-9-15/h2-10,17-19,21H,11-13H2,1H3/t17-,18+/m0/s1. The van der Waals surface area contributed by atoms with E-state index in [0.717, 1.165) is 5.56 Å². The molecule has 3 rings (SSSR count). The maximum Gasteiger partial charge on any atom is 0.245 e. The van der Waals surface area contributed by atoms with Crippen LogP contribution < -0.4 is 9.62 Å². The van der Waals surface area contributed by atoms with E-state index in [4.69, 9.17) is 0 Å². The molecule has 0 aliphatic carbocycles. The van der Waals surface area contributed by atoms with Crippen molar-refractivity contribution in [2.24, 2.45) is 0 Å². The summed E-state index contributed by atoms with van der Waals surface area (Å²) < 4.78 is 27.8. The maximum absolute atomic E-state index is 13.2. The number of benzene rings is 2. The van der Waals surface area contributed by atoms with E-state index in [2.05, 4.69) is 5.32 Å². The highest BCUT2D eigenvalue weighted by molar-refractivity contribution is 7.93. The van der Waals surface area contributed by atoms with E-state index in [1.54, 1.807) is 19.2 Å².